The Labute approximate surface area is 191 Å². The Morgan fingerprint density at radius 2 is 2.10 bits per heavy atom. The van der Waals surface area contributed by atoms with E-state index in [2.05, 4.69) is 17.4 Å². The zero-order chi connectivity index (χ0) is 21.8. The maximum absolute atomic E-state index is 12.6. The topological polar surface area (TPSA) is 64.6 Å². The van der Waals surface area contributed by atoms with Crippen molar-refractivity contribution in [3.05, 3.63) is 76.2 Å². The van der Waals surface area contributed by atoms with Gasteiger partial charge in [0.05, 0.1) is 22.7 Å². The number of hydrogen-bond acceptors (Lipinski definition) is 6. The van der Waals surface area contributed by atoms with Crippen molar-refractivity contribution in [2.45, 2.75) is 29.9 Å². The van der Waals surface area contributed by atoms with Crippen LogP contribution in [0.25, 0.3) is 0 Å². The SMILES string of the molecule is COC(=O)c1ccc2c(c1)C(SCCNC(=O)C1(C)CC=CS1)c1ccccc1CO2. The van der Waals surface area contributed by atoms with Crippen LogP contribution in [0.2, 0.25) is 0 Å². The highest BCUT2D eigenvalue weighted by Gasteiger charge is 2.34. The summed E-state index contributed by atoms with van der Waals surface area (Å²) in [6, 6.07) is 13.6. The minimum atomic E-state index is -0.407. The van der Waals surface area contributed by atoms with E-state index in [1.165, 1.54) is 12.7 Å². The number of amides is 1. The number of nitrogens with one attached hydrogen (secondary N) is 1. The van der Waals surface area contributed by atoms with Gasteiger partial charge in [-0.1, -0.05) is 30.3 Å². The predicted molar refractivity (Wildman–Crippen MR) is 126 cm³/mol. The summed E-state index contributed by atoms with van der Waals surface area (Å²) in [5.74, 6) is 1.21. The van der Waals surface area contributed by atoms with Crippen LogP contribution < -0.4 is 10.1 Å². The molecule has 0 aliphatic carbocycles. The maximum Gasteiger partial charge on any atom is 0.337 e. The number of methoxy groups -OCH3 is 1. The van der Waals surface area contributed by atoms with Crippen LogP contribution in [0.5, 0.6) is 5.75 Å². The number of benzene rings is 2. The van der Waals surface area contributed by atoms with Crippen molar-refractivity contribution in [2.24, 2.45) is 0 Å². The van der Waals surface area contributed by atoms with Gasteiger partial charge in [-0.25, -0.2) is 4.79 Å². The molecule has 2 aromatic carbocycles. The number of rotatable bonds is 6. The molecule has 4 rings (SSSR count). The van der Waals surface area contributed by atoms with E-state index < -0.39 is 4.75 Å². The molecule has 2 heterocycles. The summed E-state index contributed by atoms with van der Waals surface area (Å²) in [4.78, 5) is 24.7. The van der Waals surface area contributed by atoms with Crippen molar-refractivity contribution in [1.82, 2.24) is 5.32 Å². The molecule has 31 heavy (non-hydrogen) atoms. The van der Waals surface area contributed by atoms with Crippen LogP contribution in [0, 0.1) is 0 Å². The molecule has 5 nitrogen and oxygen atoms in total. The normalized spacial score (nSPS) is 21.4. The molecule has 7 heteroatoms. The first-order chi connectivity index (χ1) is 15.0. The van der Waals surface area contributed by atoms with Crippen LogP contribution in [-0.2, 0) is 16.1 Å². The highest BCUT2D eigenvalue weighted by Crippen LogP contribution is 2.44. The van der Waals surface area contributed by atoms with Crippen LogP contribution in [0.4, 0.5) is 0 Å². The standard InChI is InChI=1S/C24H25NO4S2/c1-24(10-5-12-31-24)23(27)25-11-13-30-21-18-7-4-3-6-17(18)15-29-20-9-8-16(14-19(20)21)22(26)28-2/h3-9,12,14,21H,10-11,13,15H2,1-2H3,(H,25,27). The number of carbonyl (C=O) groups excluding carboxylic acids is 2. The van der Waals surface area contributed by atoms with Crippen molar-refractivity contribution >= 4 is 35.4 Å². The van der Waals surface area contributed by atoms with Crippen LogP contribution in [0.1, 0.15) is 45.6 Å². The van der Waals surface area contributed by atoms with Gasteiger partial charge in [0.1, 0.15) is 12.4 Å². The Morgan fingerprint density at radius 1 is 1.26 bits per heavy atom. The number of carbonyl (C=O) groups is 2. The van der Waals surface area contributed by atoms with Gasteiger partial charge < -0.3 is 14.8 Å². The summed E-state index contributed by atoms with van der Waals surface area (Å²) in [5.41, 5.74) is 3.75. The molecular weight excluding hydrogens is 430 g/mol. The zero-order valence-electron chi connectivity index (χ0n) is 17.6. The van der Waals surface area contributed by atoms with E-state index in [1.807, 2.05) is 42.7 Å². The molecule has 2 atom stereocenters. The number of esters is 1. The molecule has 1 N–H and O–H groups in total. The summed E-state index contributed by atoms with van der Waals surface area (Å²) in [5, 5.41) is 5.07. The molecule has 0 radical (unpaired) electrons. The second-order valence-electron chi connectivity index (χ2n) is 7.66. The van der Waals surface area contributed by atoms with E-state index in [4.69, 9.17) is 9.47 Å². The van der Waals surface area contributed by atoms with E-state index in [9.17, 15) is 9.59 Å². The number of hydrogen-bond donors (Lipinski definition) is 1. The molecule has 0 bridgehead atoms. The molecule has 1 amide bonds. The Hall–Kier alpha value is -2.38. The third-order valence-corrected chi connectivity index (χ3v) is 8.00. The van der Waals surface area contributed by atoms with E-state index in [1.54, 1.807) is 29.6 Å². The number of fused-ring (bicyclic) bond motifs is 2. The number of allylic oxidation sites excluding steroid dienone is 1. The quantitative estimate of drug-likeness (QED) is 0.503. The Balaban J connectivity index is 1.53. The molecule has 0 aromatic heterocycles. The molecule has 2 aliphatic rings. The van der Waals surface area contributed by atoms with Gasteiger partial charge in [-0.3, -0.25) is 4.79 Å². The molecule has 0 saturated carbocycles. The highest BCUT2D eigenvalue weighted by molar-refractivity contribution is 8.04. The van der Waals surface area contributed by atoms with Crippen LogP contribution in [0.3, 0.4) is 0 Å². The van der Waals surface area contributed by atoms with Gasteiger partial charge in [0, 0.05) is 17.9 Å². The van der Waals surface area contributed by atoms with Crippen molar-refractivity contribution in [2.75, 3.05) is 19.4 Å². The maximum atomic E-state index is 12.6. The van der Waals surface area contributed by atoms with Crippen molar-refractivity contribution in [3.8, 4) is 5.75 Å². The monoisotopic (exact) mass is 455 g/mol. The van der Waals surface area contributed by atoms with Gasteiger partial charge in [0.15, 0.2) is 0 Å². The van der Waals surface area contributed by atoms with Crippen molar-refractivity contribution < 1.29 is 19.1 Å². The predicted octanol–water partition coefficient (Wildman–Crippen LogP) is 4.71. The molecule has 162 valence electrons. The second-order valence-corrected chi connectivity index (χ2v) is 10.3. The molecular formula is C24H25NO4S2. The molecule has 0 saturated heterocycles. The average molecular weight is 456 g/mol. The Bertz CT molecular complexity index is 1010. The fraction of sp³-hybridized carbons (Fsp3) is 0.333. The van der Waals surface area contributed by atoms with Gasteiger partial charge >= 0.3 is 5.97 Å². The van der Waals surface area contributed by atoms with E-state index in [0.717, 1.165) is 29.1 Å². The fourth-order valence-electron chi connectivity index (χ4n) is 3.75. The lowest BCUT2D eigenvalue weighted by atomic mass is 9.98. The third-order valence-electron chi connectivity index (χ3n) is 5.52. The number of ether oxygens (including phenoxy) is 2. The highest BCUT2D eigenvalue weighted by atomic mass is 32.2. The van der Waals surface area contributed by atoms with Crippen molar-refractivity contribution in [3.63, 3.8) is 0 Å². The van der Waals surface area contributed by atoms with Gasteiger partial charge in [-0.15, -0.1) is 23.5 Å². The smallest absolute Gasteiger partial charge is 0.337 e. The van der Waals surface area contributed by atoms with Crippen LogP contribution in [-0.4, -0.2) is 36.0 Å². The van der Waals surface area contributed by atoms with Gasteiger partial charge in [-0.2, -0.15) is 0 Å². The first-order valence-electron chi connectivity index (χ1n) is 10.2. The van der Waals surface area contributed by atoms with E-state index in [0.29, 0.717) is 18.7 Å². The molecule has 0 spiro atoms. The van der Waals surface area contributed by atoms with Crippen molar-refractivity contribution in [1.29, 1.82) is 0 Å². The first-order valence-corrected chi connectivity index (χ1v) is 12.1. The largest absolute Gasteiger partial charge is 0.489 e. The zero-order valence-corrected chi connectivity index (χ0v) is 19.2. The number of thioether (sulfide) groups is 2. The minimum Gasteiger partial charge on any atom is -0.489 e. The van der Waals surface area contributed by atoms with Gasteiger partial charge in [0.25, 0.3) is 0 Å². The lowest BCUT2D eigenvalue weighted by Gasteiger charge is -2.22. The summed E-state index contributed by atoms with van der Waals surface area (Å²) in [7, 11) is 1.38. The Kier molecular flexibility index (Phi) is 6.62. The molecule has 2 aliphatic heterocycles. The summed E-state index contributed by atoms with van der Waals surface area (Å²) in [6.45, 7) is 3.03. The summed E-state index contributed by atoms with van der Waals surface area (Å²) >= 11 is 3.31. The second kappa shape index (κ2) is 9.40. The third kappa shape index (κ3) is 4.62. The molecule has 2 unspecified atom stereocenters. The minimum absolute atomic E-state index is 0.00619. The first kappa shape index (κ1) is 21.8. The Morgan fingerprint density at radius 3 is 2.87 bits per heavy atom. The average Bonchev–Trinajstić information content (AvgIpc) is 3.18. The van der Waals surface area contributed by atoms with E-state index in [-0.39, 0.29) is 17.1 Å². The van der Waals surface area contributed by atoms with Crippen LogP contribution >= 0.6 is 23.5 Å². The fourth-order valence-corrected chi connectivity index (χ4v) is 5.84. The lowest BCUT2D eigenvalue weighted by Crippen LogP contribution is -2.41. The summed E-state index contributed by atoms with van der Waals surface area (Å²) < 4.78 is 10.6. The van der Waals surface area contributed by atoms with Crippen LogP contribution in [0.15, 0.2) is 53.9 Å². The summed E-state index contributed by atoms with van der Waals surface area (Å²) in [6.07, 6.45) is 2.80. The molecule has 2 aromatic rings. The lowest BCUT2D eigenvalue weighted by molar-refractivity contribution is -0.122. The van der Waals surface area contributed by atoms with E-state index >= 15 is 0 Å². The van der Waals surface area contributed by atoms with Gasteiger partial charge in [-0.05, 0) is 48.1 Å². The van der Waals surface area contributed by atoms with Gasteiger partial charge in [0.2, 0.25) is 5.91 Å². The molecule has 0 fully saturated rings.